The van der Waals surface area contributed by atoms with Gasteiger partial charge in [0.1, 0.15) is 29.7 Å². The number of hydrogen-bond donors (Lipinski definition) is 0. The Hall–Kier alpha value is -2.95. The van der Waals surface area contributed by atoms with E-state index in [0.29, 0.717) is 23.9 Å². The number of carbonyl (C=O) groups is 3. The van der Waals surface area contributed by atoms with Gasteiger partial charge in [-0.3, -0.25) is 4.79 Å². The second-order valence-corrected chi connectivity index (χ2v) is 9.32. The second-order valence-electron chi connectivity index (χ2n) is 9.32. The van der Waals surface area contributed by atoms with Crippen LogP contribution in [0.1, 0.15) is 50.0 Å². The maximum absolute atomic E-state index is 13.4. The maximum atomic E-state index is 13.4. The summed E-state index contributed by atoms with van der Waals surface area (Å²) >= 11 is 0. The van der Waals surface area contributed by atoms with Gasteiger partial charge in [-0.15, -0.1) is 0 Å². The number of esters is 1. The summed E-state index contributed by atoms with van der Waals surface area (Å²) in [5.74, 6) is -1.68. The molecule has 10 heteroatoms. The van der Waals surface area contributed by atoms with E-state index in [1.807, 2.05) is 13.0 Å². The van der Waals surface area contributed by atoms with Gasteiger partial charge < -0.3 is 33.3 Å². The van der Waals surface area contributed by atoms with E-state index in [1.54, 1.807) is 56.9 Å². The Kier molecular flexibility index (Phi) is 9.11. The Labute approximate surface area is 212 Å². The number of anilines is 1. The van der Waals surface area contributed by atoms with E-state index in [1.165, 1.54) is 20.6 Å². The third kappa shape index (κ3) is 6.63. The first-order chi connectivity index (χ1) is 17.1. The van der Waals surface area contributed by atoms with Crippen LogP contribution in [0.15, 0.2) is 30.4 Å². The van der Waals surface area contributed by atoms with E-state index < -0.39 is 30.1 Å². The van der Waals surface area contributed by atoms with Crippen LogP contribution in [0.25, 0.3) is 6.08 Å². The summed E-state index contributed by atoms with van der Waals surface area (Å²) in [6.45, 7) is 7.07. The Morgan fingerprint density at radius 1 is 1.19 bits per heavy atom. The van der Waals surface area contributed by atoms with Crippen molar-refractivity contribution in [2.75, 3.05) is 25.8 Å². The van der Waals surface area contributed by atoms with Crippen LogP contribution in [-0.4, -0.2) is 70.4 Å². The van der Waals surface area contributed by atoms with Gasteiger partial charge in [-0.25, -0.2) is 4.79 Å². The van der Waals surface area contributed by atoms with Crippen molar-refractivity contribution >= 4 is 37.1 Å². The molecule has 36 heavy (non-hydrogen) atoms. The van der Waals surface area contributed by atoms with E-state index in [9.17, 15) is 14.4 Å². The average Bonchev–Trinajstić information content (AvgIpc) is 3.14. The fourth-order valence-corrected chi connectivity index (χ4v) is 4.00. The fraction of sp³-hybridized carbons (Fsp3) is 0.500. The smallest absolute Gasteiger partial charge is 0.342 e. The minimum Gasteiger partial charge on any atom is -0.467 e. The average molecular weight is 498 g/mol. The Morgan fingerprint density at radius 3 is 2.64 bits per heavy atom. The van der Waals surface area contributed by atoms with Gasteiger partial charge in [-0.2, -0.15) is 0 Å². The molecule has 9 nitrogen and oxygen atoms in total. The van der Waals surface area contributed by atoms with Gasteiger partial charge in [0, 0.05) is 24.8 Å². The van der Waals surface area contributed by atoms with Crippen molar-refractivity contribution in [2.45, 2.75) is 58.2 Å². The first-order valence-electron chi connectivity index (χ1n) is 11.8. The molecule has 0 aromatic heterocycles. The van der Waals surface area contributed by atoms with Crippen molar-refractivity contribution in [1.29, 1.82) is 0 Å². The van der Waals surface area contributed by atoms with Gasteiger partial charge in [0.2, 0.25) is 0 Å². The van der Waals surface area contributed by atoms with Crippen LogP contribution in [0.2, 0.25) is 0 Å². The van der Waals surface area contributed by atoms with Crippen LogP contribution in [0, 0.1) is 5.92 Å². The number of hydrogen-bond acceptors (Lipinski definition) is 9. The lowest BCUT2D eigenvalue weighted by molar-refractivity contribution is -0.152. The Morgan fingerprint density at radius 2 is 1.94 bits per heavy atom. The molecule has 1 radical (unpaired) electrons. The van der Waals surface area contributed by atoms with Crippen LogP contribution in [0.4, 0.5) is 5.69 Å². The van der Waals surface area contributed by atoms with Gasteiger partial charge in [0.15, 0.2) is 18.4 Å². The lowest BCUT2D eigenvalue weighted by atomic mass is 9.93. The van der Waals surface area contributed by atoms with Crippen molar-refractivity contribution in [3.05, 3.63) is 41.5 Å². The highest BCUT2D eigenvalue weighted by atomic mass is 16.8. The number of ketones is 1. The van der Waals surface area contributed by atoms with Gasteiger partial charge in [-0.05, 0) is 51.9 Å². The zero-order valence-corrected chi connectivity index (χ0v) is 21.6. The van der Waals surface area contributed by atoms with Gasteiger partial charge in [0.25, 0.3) is 0 Å². The molecule has 1 aromatic rings. The monoisotopic (exact) mass is 498 g/mol. The SMILES string of the molecule is COCOc1cc(N(C)[B]C=O)cc2c1C(=O)OC(C)C(C)/C=C\C(=O)C1OC(C)(C)OC1CC=C2. The van der Waals surface area contributed by atoms with Crippen molar-refractivity contribution in [1.82, 2.24) is 0 Å². The van der Waals surface area contributed by atoms with Crippen molar-refractivity contribution in [2.24, 2.45) is 5.92 Å². The molecule has 1 fully saturated rings. The lowest BCUT2D eigenvalue weighted by Crippen LogP contribution is -2.30. The van der Waals surface area contributed by atoms with Crippen LogP contribution >= 0.6 is 0 Å². The largest absolute Gasteiger partial charge is 0.467 e. The summed E-state index contributed by atoms with van der Waals surface area (Å²) in [5.41, 5.74) is 1.36. The van der Waals surface area contributed by atoms with Crippen LogP contribution in [0.3, 0.4) is 0 Å². The fourth-order valence-electron chi connectivity index (χ4n) is 4.00. The quantitative estimate of drug-likeness (QED) is 0.253. The first kappa shape index (κ1) is 27.6. The second kappa shape index (κ2) is 11.9. The van der Waals surface area contributed by atoms with E-state index in [-0.39, 0.29) is 29.8 Å². The number of methoxy groups -OCH3 is 1. The third-order valence-electron chi connectivity index (χ3n) is 6.07. The Bertz CT molecular complexity index is 1040. The normalized spacial score (nSPS) is 26.7. The zero-order valence-electron chi connectivity index (χ0n) is 21.6. The molecule has 3 rings (SSSR count). The number of cyclic esters (lactones) is 1. The summed E-state index contributed by atoms with van der Waals surface area (Å²) in [7, 11) is 4.54. The molecule has 4 unspecified atom stereocenters. The molecule has 0 bridgehead atoms. The molecule has 2 aliphatic rings. The Balaban J connectivity index is 2.11. The molecule has 0 spiro atoms. The number of ether oxygens (including phenoxy) is 5. The molecular weight excluding hydrogens is 465 g/mol. The van der Waals surface area contributed by atoms with Gasteiger partial charge >= 0.3 is 13.4 Å². The zero-order chi connectivity index (χ0) is 26.5. The van der Waals surface area contributed by atoms with Crippen molar-refractivity contribution in [3.8, 4) is 5.75 Å². The molecular formula is C26H33BNO8. The molecule has 0 saturated carbocycles. The highest BCUT2D eigenvalue weighted by Crippen LogP contribution is 2.34. The summed E-state index contributed by atoms with van der Waals surface area (Å²) < 4.78 is 28.5. The molecule has 2 heterocycles. The van der Waals surface area contributed by atoms with E-state index >= 15 is 0 Å². The van der Waals surface area contributed by atoms with Crippen LogP contribution < -0.4 is 9.55 Å². The molecule has 0 amide bonds. The topological polar surface area (TPSA) is 101 Å². The third-order valence-corrected chi connectivity index (χ3v) is 6.07. The molecule has 1 saturated heterocycles. The number of rotatable bonds is 6. The maximum Gasteiger partial charge on any atom is 0.342 e. The van der Waals surface area contributed by atoms with Crippen LogP contribution in [-0.2, 0) is 28.5 Å². The standard InChI is InChI=1S/C26H33BNO8/c1-16-10-11-20(30)24-21(35-26(3,4)36-24)9-7-8-18-12-19(28(5)27-14-29)13-22(33-15-32-6)23(18)25(31)34-17(16)2/h7-8,10-14,16-17,21,24H,9,15H2,1-6H3/b8-7?,11-10-. The highest BCUT2D eigenvalue weighted by Gasteiger charge is 2.43. The molecule has 193 valence electrons. The number of nitrogens with zero attached hydrogens (tertiary/aromatic N) is 1. The van der Waals surface area contributed by atoms with Gasteiger partial charge in [-0.1, -0.05) is 25.2 Å². The highest BCUT2D eigenvalue weighted by molar-refractivity contribution is 6.70. The van der Waals surface area contributed by atoms with E-state index in [0.717, 1.165) is 0 Å². The minimum atomic E-state index is -0.905. The number of benzene rings is 1. The number of carbonyl (C=O) groups excluding carboxylic acids is 3. The molecule has 4 atom stereocenters. The molecule has 0 aliphatic carbocycles. The predicted octanol–water partition coefficient (Wildman–Crippen LogP) is 3.16. The van der Waals surface area contributed by atoms with E-state index in [4.69, 9.17) is 23.7 Å². The number of fused-ring (bicyclic) bond motifs is 2. The van der Waals surface area contributed by atoms with E-state index in [2.05, 4.69) is 0 Å². The van der Waals surface area contributed by atoms with Crippen molar-refractivity contribution in [3.63, 3.8) is 0 Å². The first-order valence-corrected chi connectivity index (χ1v) is 11.8. The molecule has 0 N–H and O–H groups in total. The van der Waals surface area contributed by atoms with Crippen molar-refractivity contribution < 1.29 is 38.1 Å². The van der Waals surface area contributed by atoms with Crippen LogP contribution in [0.5, 0.6) is 5.75 Å². The summed E-state index contributed by atoms with van der Waals surface area (Å²) in [5, 5.41) is 0. The summed E-state index contributed by atoms with van der Waals surface area (Å²) in [6, 6.07) is 3.40. The molecule has 2 aliphatic heterocycles. The summed E-state index contributed by atoms with van der Waals surface area (Å²) in [6.07, 6.45) is 5.99. The predicted molar refractivity (Wildman–Crippen MR) is 136 cm³/mol. The van der Waals surface area contributed by atoms with Gasteiger partial charge in [0.05, 0.1) is 6.10 Å². The minimum absolute atomic E-state index is 0.0885. The molecule has 1 aromatic carbocycles. The summed E-state index contributed by atoms with van der Waals surface area (Å²) in [4.78, 5) is 38.9. The lowest BCUT2D eigenvalue weighted by Gasteiger charge is -2.23.